The summed E-state index contributed by atoms with van der Waals surface area (Å²) >= 11 is 17.3. The molecule has 0 fully saturated rings. The fourth-order valence-electron chi connectivity index (χ4n) is 0.975. The Labute approximate surface area is 124 Å². The molecule has 2 nitrogen and oxygen atoms in total. The predicted molar refractivity (Wildman–Crippen MR) is 63.0 cm³/mol. The van der Waals surface area contributed by atoms with Crippen molar-refractivity contribution in [3.05, 3.63) is 32.8 Å². The van der Waals surface area contributed by atoms with Crippen molar-refractivity contribution in [3.8, 4) is 6.07 Å². The molecular formula is C9H5Cl3NNaO. The minimum atomic E-state index is -0.932. The first-order chi connectivity index (χ1) is 6.60. The molecule has 0 bridgehead atoms. The normalized spacial score (nSPS) is 11.1. The first-order valence-electron chi connectivity index (χ1n) is 3.59. The Balaban J connectivity index is 0.00000196. The number of carbonyl (C=O) groups is 1. The number of nitrogens with zero attached hydrogens (tertiary/aromatic N) is 1. The van der Waals surface area contributed by atoms with Gasteiger partial charge in [-0.05, 0) is 17.7 Å². The van der Waals surface area contributed by atoms with Gasteiger partial charge in [-0.3, -0.25) is 0 Å². The number of aldehydes is 1. The topological polar surface area (TPSA) is 40.9 Å². The third kappa shape index (κ3) is 3.64. The summed E-state index contributed by atoms with van der Waals surface area (Å²) in [5, 5.41) is 9.43. The second-order valence-corrected chi connectivity index (χ2v) is 3.76. The van der Waals surface area contributed by atoms with Crippen molar-refractivity contribution in [3.63, 3.8) is 0 Å². The molecule has 1 aromatic carbocycles. The number of rotatable bonds is 2. The van der Waals surface area contributed by atoms with Gasteiger partial charge in [0.1, 0.15) is 12.2 Å². The van der Waals surface area contributed by atoms with Crippen LogP contribution in [0.1, 0.15) is 11.5 Å². The summed E-state index contributed by atoms with van der Waals surface area (Å²) in [5.74, 6) is -0.932. The number of halogens is 3. The number of carbonyl (C=O) groups excluding carboxylic acids is 1. The maximum atomic E-state index is 10.5. The molecule has 0 N–H and O–H groups in total. The number of hydrogen-bond acceptors (Lipinski definition) is 2. The van der Waals surface area contributed by atoms with Gasteiger partial charge in [0, 0.05) is 5.02 Å². The molecular weight excluding hydrogens is 267 g/mol. The summed E-state index contributed by atoms with van der Waals surface area (Å²) in [6.45, 7) is 0. The van der Waals surface area contributed by atoms with Crippen molar-refractivity contribution in [1.29, 1.82) is 5.26 Å². The van der Waals surface area contributed by atoms with Crippen LogP contribution < -0.4 is 0 Å². The van der Waals surface area contributed by atoms with Crippen LogP contribution in [0.25, 0.3) is 0 Å². The van der Waals surface area contributed by atoms with E-state index in [1.165, 1.54) is 12.1 Å². The molecule has 0 amide bonds. The van der Waals surface area contributed by atoms with E-state index in [9.17, 15) is 4.79 Å². The predicted octanol–water partition coefficient (Wildman–Crippen LogP) is 2.80. The number of nitriles is 1. The van der Waals surface area contributed by atoms with E-state index in [0.29, 0.717) is 16.9 Å². The van der Waals surface area contributed by atoms with Gasteiger partial charge >= 0.3 is 29.6 Å². The second-order valence-electron chi connectivity index (χ2n) is 2.53. The molecule has 0 saturated carbocycles. The summed E-state index contributed by atoms with van der Waals surface area (Å²) in [4.78, 5) is 10.5. The van der Waals surface area contributed by atoms with Crippen molar-refractivity contribution in [2.45, 2.75) is 5.92 Å². The first kappa shape index (κ1) is 15.2. The maximum absolute atomic E-state index is 10.5. The molecule has 15 heavy (non-hydrogen) atoms. The molecule has 74 valence electrons. The summed E-state index contributed by atoms with van der Waals surface area (Å²) < 4.78 is 0. The van der Waals surface area contributed by atoms with Crippen LogP contribution in [0.4, 0.5) is 0 Å². The Morgan fingerprint density at radius 2 is 1.93 bits per heavy atom. The third-order valence-electron chi connectivity index (χ3n) is 1.63. The zero-order valence-corrected chi connectivity index (χ0v) is 9.07. The van der Waals surface area contributed by atoms with Gasteiger partial charge < -0.3 is 4.79 Å². The summed E-state index contributed by atoms with van der Waals surface area (Å²) in [7, 11) is 0. The van der Waals surface area contributed by atoms with Crippen LogP contribution in [0.15, 0.2) is 12.1 Å². The van der Waals surface area contributed by atoms with Crippen LogP contribution >= 0.6 is 34.8 Å². The average molecular weight is 272 g/mol. The summed E-state index contributed by atoms with van der Waals surface area (Å²) in [5.41, 5.74) is 0.335. The Morgan fingerprint density at radius 3 is 2.40 bits per heavy atom. The van der Waals surface area contributed by atoms with E-state index < -0.39 is 5.92 Å². The van der Waals surface area contributed by atoms with Crippen LogP contribution in [-0.2, 0) is 4.79 Å². The van der Waals surface area contributed by atoms with Crippen molar-refractivity contribution >= 4 is 70.6 Å². The molecule has 1 rings (SSSR count). The van der Waals surface area contributed by atoms with Gasteiger partial charge in [0.25, 0.3) is 0 Å². The van der Waals surface area contributed by atoms with Crippen molar-refractivity contribution in [2.24, 2.45) is 0 Å². The molecule has 6 heteroatoms. The van der Waals surface area contributed by atoms with Crippen LogP contribution in [0.5, 0.6) is 0 Å². The molecule has 1 aromatic rings. The SMILES string of the molecule is N#CC(C=O)c1cc(Cl)cc(Cl)c1Cl.[NaH]. The minimum absolute atomic E-state index is 0. The zero-order chi connectivity index (χ0) is 10.7. The molecule has 0 radical (unpaired) electrons. The number of benzene rings is 1. The monoisotopic (exact) mass is 271 g/mol. The van der Waals surface area contributed by atoms with E-state index in [1.807, 2.05) is 0 Å². The molecule has 0 aliphatic carbocycles. The molecule has 1 atom stereocenters. The van der Waals surface area contributed by atoms with Crippen LogP contribution in [0.2, 0.25) is 15.1 Å². The third-order valence-corrected chi connectivity index (χ3v) is 2.67. The number of hydrogen-bond donors (Lipinski definition) is 0. The van der Waals surface area contributed by atoms with E-state index in [1.54, 1.807) is 6.07 Å². The van der Waals surface area contributed by atoms with Gasteiger partial charge in [-0.2, -0.15) is 5.26 Å². The van der Waals surface area contributed by atoms with Crippen molar-refractivity contribution < 1.29 is 4.79 Å². The van der Waals surface area contributed by atoms with Crippen LogP contribution in [0.3, 0.4) is 0 Å². The van der Waals surface area contributed by atoms with E-state index in [2.05, 4.69) is 0 Å². The molecule has 0 aliphatic rings. The first-order valence-corrected chi connectivity index (χ1v) is 4.73. The molecule has 0 heterocycles. The van der Waals surface area contributed by atoms with E-state index >= 15 is 0 Å². The fraction of sp³-hybridized carbons (Fsp3) is 0.111. The van der Waals surface area contributed by atoms with Crippen LogP contribution in [0, 0.1) is 11.3 Å². The average Bonchev–Trinajstić information content (AvgIpc) is 2.15. The van der Waals surface area contributed by atoms with Gasteiger partial charge in [0.15, 0.2) is 0 Å². The zero-order valence-electron chi connectivity index (χ0n) is 6.80. The van der Waals surface area contributed by atoms with Crippen molar-refractivity contribution in [1.82, 2.24) is 0 Å². The summed E-state index contributed by atoms with van der Waals surface area (Å²) in [6, 6.07) is 4.70. The Kier molecular flexibility index (Phi) is 6.86. The van der Waals surface area contributed by atoms with Gasteiger partial charge in [-0.1, -0.05) is 34.8 Å². The Hall–Kier alpha value is 0.250. The standard InChI is InChI=1S/C9H4Cl3NO.Na.H/c10-6-1-7(5(3-13)4-14)9(12)8(11)2-6;;/h1-2,4-5H;;. The molecule has 0 aromatic heterocycles. The van der Waals surface area contributed by atoms with Gasteiger partial charge in [-0.25, -0.2) is 0 Å². The van der Waals surface area contributed by atoms with Gasteiger partial charge in [0.2, 0.25) is 0 Å². The van der Waals surface area contributed by atoms with Crippen molar-refractivity contribution in [2.75, 3.05) is 0 Å². The Morgan fingerprint density at radius 1 is 1.33 bits per heavy atom. The molecule has 0 saturated heterocycles. The van der Waals surface area contributed by atoms with E-state index in [0.717, 1.165) is 0 Å². The molecule has 1 unspecified atom stereocenters. The van der Waals surface area contributed by atoms with Gasteiger partial charge in [0.05, 0.1) is 16.1 Å². The van der Waals surface area contributed by atoms with Gasteiger partial charge in [-0.15, -0.1) is 0 Å². The fourth-order valence-corrected chi connectivity index (χ4v) is 1.71. The van der Waals surface area contributed by atoms with Crippen LogP contribution in [-0.4, -0.2) is 35.8 Å². The second kappa shape index (κ2) is 6.75. The molecule has 0 aliphatic heterocycles. The summed E-state index contributed by atoms with van der Waals surface area (Å²) in [6.07, 6.45) is 0.494. The van der Waals surface area contributed by atoms with E-state index in [4.69, 9.17) is 40.1 Å². The quantitative estimate of drug-likeness (QED) is 0.472. The van der Waals surface area contributed by atoms with E-state index in [-0.39, 0.29) is 39.6 Å². The Bertz CT molecular complexity index is 417. The molecule has 0 spiro atoms.